The van der Waals surface area contributed by atoms with Crippen molar-refractivity contribution < 1.29 is 4.74 Å². The SMILES string of the molecule is COC(=NSC[Si](C)(C)C)c1ccc(Br)c(C)c1. The van der Waals surface area contributed by atoms with Gasteiger partial charge in [-0.1, -0.05) is 35.6 Å². The Bertz CT molecular complexity index is 443. The van der Waals surface area contributed by atoms with Gasteiger partial charge in [-0.25, -0.2) is 0 Å². The molecule has 0 aliphatic heterocycles. The van der Waals surface area contributed by atoms with Crippen LogP contribution in [-0.4, -0.2) is 26.5 Å². The van der Waals surface area contributed by atoms with E-state index in [-0.39, 0.29) is 0 Å². The molecule has 0 spiro atoms. The lowest BCUT2D eigenvalue weighted by Gasteiger charge is -2.13. The monoisotopic (exact) mass is 345 g/mol. The molecule has 0 saturated heterocycles. The highest BCUT2D eigenvalue weighted by molar-refractivity contribution is 9.10. The molecule has 0 atom stereocenters. The van der Waals surface area contributed by atoms with Gasteiger partial charge in [-0.05, 0) is 42.6 Å². The van der Waals surface area contributed by atoms with Crippen molar-refractivity contribution >= 4 is 41.8 Å². The van der Waals surface area contributed by atoms with Gasteiger partial charge in [0.2, 0.25) is 5.90 Å². The number of rotatable bonds is 4. The zero-order valence-electron chi connectivity index (χ0n) is 11.6. The van der Waals surface area contributed by atoms with Gasteiger partial charge in [0.15, 0.2) is 0 Å². The van der Waals surface area contributed by atoms with E-state index < -0.39 is 8.07 Å². The fourth-order valence-electron chi connectivity index (χ4n) is 1.27. The second-order valence-corrected chi connectivity index (χ2v) is 13.0. The van der Waals surface area contributed by atoms with Crippen molar-refractivity contribution in [3.63, 3.8) is 0 Å². The van der Waals surface area contributed by atoms with E-state index in [0.717, 1.165) is 15.4 Å². The number of hydrogen-bond acceptors (Lipinski definition) is 3. The minimum atomic E-state index is -1.06. The minimum Gasteiger partial charge on any atom is -0.480 e. The van der Waals surface area contributed by atoms with Crippen LogP contribution in [0.25, 0.3) is 0 Å². The Kier molecular flexibility index (Phi) is 5.94. The highest BCUT2D eigenvalue weighted by Gasteiger charge is 2.13. The number of hydrogen-bond donors (Lipinski definition) is 0. The summed E-state index contributed by atoms with van der Waals surface area (Å²) in [5.74, 6) is 0.703. The van der Waals surface area contributed by atoms with Gasteiger partial charge in [0.1, 0.15) is 0 Å². The zero-order chi connectivity index (χ0) is 13.8. The van der Waals surface area contributed by atoms with Crippen LogP contribution in [-0.2, 0) is 4.74 Å². The molecule has 0 N–H and O–H groups in total. The maximum absolute atomic E-state index is 5.38. The summed E-state index contributed by atoms with van der Waals surface area (Å²) in [4.78, 5) is 0. The molecule has 0 fully saturated rings. The second-order valence-electron chi connectivity index (χ2n) is 5.40. The van der Waals surface area contributed by atoms with Crippen LogP contribution in [0.4, 0.5) is 0 Å². The third-order valence-corrected chi connectivity index (χ3v) is 7.41. The fourth-order valence-corrected chi connectivity index (χ4v) is 3.62. The lowest BCUT2D eigenvalue weighted by atomic mass is 10.1. The number of aryl methyl sites for hydroxylation is 1. The predicted octanol–water partition coefficient (Wildman–Crippen LogP) is 4.68. The quantitative estimate of drug-likeness (QED) is 0.342. The Balaban J connectivity index is 2.82. The fraction of sp³-hybridized carbons (Fsp3) is 0.462. The van der Waals surface area contributed by atoms with Gasteiger partial charge in [-0.15, -0.1) is 0 Å². The largest absolute Gasteiger partial charge is 0.480 e. The van der Waals surface area contributed by atoms with E-state index in [9.17, 15) is 0 Å². The van der Waals surface area contributed by atoms with E-state index in [4.69, 9.17) is 4.74 Å². The van der Waals surface area contributed by atoms with Gasteiger partial charge in [0.25, 0.3) is 0 Å². The summed E-state index contributed by atoms with van der Waals surface area (Å²) >= 11 is 5.11. The molecule has 1 rings (SSSR count). The standard InChI is InChI=1S/C13H20BrNOSSi/c1-10-8-11(6-7-12(10)14)13(16-2)15-17-9-18(3,4)5/h6-8H,9H2,1-5H3. The molecule has 1 aromatic carbocycles. The number of benzene rings is 1. The molecule has 1 aromatic rings. The average Bonchev–Trinajstić information content (AvgIpc) is 2.27. The molecule has 0 radical (unpaired) electrons. The van der Waals surface area contributed by atoms with Crippen LogP contribution >= 0.6 is 27.9 Å². The summed E-state index contributed by atoms with van der Waals surface area (Å²) in [5, 5.41) is 1.11. The normalized spacial score (nSPS) is 12.7. The van der Waals surface area contributed by atoms with Crippen molar-refractivity contribution in [3.8, 4) is 0 Å². The smallest absolute Gasteiger partial charge is 0.227 e. The summed E-state index contributed by atoms with van der Waals surface area (Å²) in [6.07, 6.45) is 0. The van der Waals surface area contributed by atoms with Crippen molar-refractivity contribution in [2.45, 2.75) is 26.6 Å². The Morgan fingerprint density at radius 1 is 1.39 bits per heavy atom. The topological polar surface area (TPSA) is 21.6 Å². The maximum atomic E-state index is 5.38. The second kappa shape index (κ2) is 6.77. The zero-order valence-corrected chi connectivity index (χ0v) is 15.0. The molecule has 18 heavy (non-hydrogen) atoms. The molecular weight excluding hydrogens is 326 g/mol. The van der Waals surface area contributed by atoms with Crippen LogP contribution < -0.4 is 0 Å². The van der Waals surface area contributed by atoms with Gasteiger partial charge in [-0.3, -0.25) is 0 Å². The summed E-state index contributed by atoms with van der Waals surface area (Å²) < 4.78 is 11.0. The van der Waals surface area contributed by atoms with Crippen LogP contribution in [0.3, 0.4) is 0 Å². The molecule has 100 valence electrons. The molecular formula is C13H20BrNOSSi. The highest BCUT2D eigenvalue weighted by Crippen LogP contribution is 2.19. The van der Waals surface area contributed by atoms with E-state index in [0.29, 0.717) is 5.90 Å². The van der Waals surface area contributed by atoms with E-state index in [1.807, 2.05) is 12.1 Å². The lowest BCUT2D eigenvalue weighted by Crippen LogP contribution is -2.23. The van der Waals surface area contributed by atoms with Crippen LogP contribution in [0.5, 0.6) is 0 Å². The molecule has 5 heteroatoms. The van der Waals surface area contributed by atoms with Crippen molar-refractivity contribution in [2.24, 2.45) is 4.40 Å². The number of nitrogens with zero attached hydrogens (tertiary/aromatic N) is 1. The Morgan fingerprint density at radius 2 is 2.06 bits per heavy atom. The molecule has 0 saturated carbocycles. The Hall–Kier alpha value is -0.263. The molecule has 0 aliphatic rings. The van der Waals surface area contributed by atoms with Crippen LogP contribution in [0.1, 0.15) is 11.1 Å². The van der Waals surface area contributed by atoms with Gasteiger partial charge in [-0.2, -0.15) is 4.40 Å². The van der Waals surface area contributed by atoms with E-state index in [1.165, 1.54) is 5.56 Å². The average molecular weight is 346 g/mol. The van der Waals surface area contributed by atoms with E-state index >= 15 is 0 Å². The van der Waals surface area contributed by atoms with E-state index in [2.05, 4.69) is 53.0 Å². The van der Waals surface area contributed by atoms with E-state index in [1.54, 1.807) is 19.1 Å². The summed E-state index contributed by atoms with van der Waals surface area (Å²) in [5.41, 5.74) is 2.22. The van der Waals surface area contributed by atoms with Gasteiger partial charge in [0, 0.05) is 15.4 Å². The molecule has 0 bridgehead atoms. The molecule has 0 unspecified atom stereocenters. The third-order valence-electron chi connectivity index (χ3n) is 2.24. The summed E-state index contributed by atoms with van der Waals surface area (Å²) in [7, 11) is 0.607. The number of ether oxygens (including phenoxy) is 1. The highest BCUT2D eigenvalue weighted by atomic mass is 79.9. The van der Waals surface area contributed by atoms with Gasteiger partial charge < -0.3 is 4.74 Å². The maximum Gasteiger partial charge on any atom is 0.227 e. The summed E-state index contributed by atoms with van der Waals surface area (Å²) in [6, 6.07) is 6.14. The van der Waals surface area contributed by atoms with Crippen LogP contribution in [0.2, 0.25) is 19.6 Å². The third kappa shape index (κ3) is 5.16. The number of methoxy groups -OCH3 is 1. The van der Waals surface area contributed by atoms with Crippen LogP contribution in [0, 0.1) is 6.92 Å². The van der Waals surface area contributed by atoms with Gasteiger partial charge in [0.05, 0.1) is 15.2 Å². The first-order chi connectivity index (χ1) is 8.33. The predicted molar refractivity (Wildman–Crippen MR) is 88.2 cm³/mol. The lowest BCUT2D eigenvalue weighted by molar-refractivity contribution is 0.406. The molecule has 0 aliphatic carbocycles. The van der Waals surface area contributed by atoms with Gasteiger partial charge >= 0.3 is 0 Å². The minimum absolute atomic E-state index is 0.703. The molecule has 2 nitrogen and oxygen atoms in total. The first kappa shape index (κ1) is 15.8. The molecule has 0 heterocycles. The molecule has 0 aromatic heterocycles. The first-order valence-corrected chi connectivity index (χ1v) is 11.3. The van der Waals surface area contributed by atoms with Crippen LogP contribution in [0.15, 0.2) is 27.1 Å². The Morgan fingerprint density at radius 3 is 2.56 bits per heavy atom. The molecule has 0 amide bonds. The Labute approximate surface area is 124 Å². The first-order valence-electron chi connectivity index (χ1n) is 5.84. The van der Waals surface area contributed by atoms with Crippen molar-refractivity contribution in [1.82, 2.24) is 0 Å². The van der Waals surface area contributed by atoms with Crippen molar-refractivity contribution in [2.75, 3.05) is 12.5 Å². The van der Waals surface area contributed by atoms with Crippen molar-refractivity contribution in [3.05, 3.63) is 33.8 Å². The summed E-state index contributed by atoms with van der Waals surface area (Å²) in [6.45, 7) is 9.08. The number of halogens is 1. The van der Waals surface area contributed by atoms with Crippen molar-refractivity contribution in [1.29, 1.82) is 0 Å².